The molecule has 0 fully saturated rings. The first-order chi connectivity index (χ1) is 9.00. The fourth-order valence-electron chi connectivity index (χ4n) is 1.62. The highest BCUT2D eigenvalue weighted by Crippen LogP contribution is 2.23. The highest BCUT2D eigenvalue weighted by Gasteiger charge is 2.23. The molecule has 2 aromatic rings. The summed E-state index contributed by atoms with van der Waals surface area (Å²) in [4.78, 5) is 21.4. The number of nitrogens with zero attached hydrogens (tertiary/aromatic N) is 1. The third kappa shape index (κ3) is 2.47. The average molecular weight is 263 g/mol. The molecule has 0 amide bonds. The van der Waals surface area contributed by atoms with Gasteiger partial charge in [0.1, 0.15) is 11.6 Å². The molecule has 0 saturated carbocycles. The molecule has 6 heteroatoms. The molecule has 0 aliphatic carbocycles. The Labute approximate surface area is 106 Å². The van der Waals surface area contributed by atoms with Crippen molar-refractivity contribution in [2.45, 2.75) is 0 Å². The van der Waals surface area contributed by atoms with Crippen molar-refractivity contribution in [3.05, 3.63) is 75.3 Å². The van der Waals surface area contributed by atoms with E-state index in [2.05, 4.69) is 0 Å². The van der Waals surface area contributed by atoms with Crippen LogP contribution in [0.25, 0.3) is 0 Å². The zero-order valence-corrected chi connectivity index (χ0v) is 9.47. The summed E-state index contributed by atoms with van der Waals surface area (Å²) in [6, 6.07) is 8.62. The molecular weight excluding hydrogens is 256 g/mol. The number of carbonyl (C=O) groups is 1. The fourth-order valence-corrected chi connectivity index (χ4v) is 1.62. The summed E-state index contributed by atoms with van der Waals surface area (Å²) in [7, 11) is 0. The van der Waals surface area contributed by atoms with Crippen LogP contribution in [0.4, 0.5) is 14.5 Å². The Morgan fingerprint density at radius 2 is 1.58 bits per heavy atom. The van der Waals surface area contributed by atoms with Crippen molar-refractivity contribution in [1.82, 2.24) is 0 Å². The van der Waals surface area contributed by atoms with Gasteiger partial charge in [0, 0.05) is 5.56 Å². The highest BCUT2D eigenvalue weighted by atomic mass is 19.1. The average Bonchev–Trinajstić information content (AvgIpc) is 2.38. The molecule has 0 spiro atoms. The van der Waals surface area contributed by atoms with Crippen molar-refractivity contribution in [1.29, 1.82) is 0 Å². The summed E-state index contributed by atoms with van der Waals surface area (Å²) in [5, 5.41) is 10.4. The van der Waals surface area contributed by atoms with Gasteiger partial charge in [0.05, 0.1) is 22.6 Å². The SMILES string of the molecule is O=C(c1ccccc1)c1c(F)cc([N+](=O)[O-])cc1F. The smallest absolute Gasteiger partial charge is 0.275 e. The van der Waals surface area contributed by atoms with Gasteiger partial charge in [0.25, 0.3) is 5.69 Å². The van der Waals surface area contributed by atoms with Crippen molar-refractivity contribution in [2.75, 3.05) is 0 Å². The van der Waals surface area contributed by atoms with Crippen molar-refractivity contribution in [3.63, 3.8) is 0 Å². The van der Waals surface area contributed by atoms with Crippen LogP contribution in [0.5, 0.6) is 0 Å². The van der Waals surface area contributed by atoms with E-state index in [4.69, 9.17) is 0 Å². The molecule has 2 rings (SSSR count). The van der Waals surface area contributed by atoms with Crippen LogP contribution in [-0.4, -0.2) is 10.7 Å². The van der Waals surface area contributed by atoms with Crippen LogP contribution in [0.15, 0.2) is 42.5 Å². The van der Waals surface area contributed by atoms with Crippen LogP contribution < -0.4 is 0 Å². The van der Waals surface area contributed by atoms with Crippen LogP contribution in [0, 0.1) is 21.7 Å². The van der Waals surface area contributed by atoms with E-state index in [-0.39, 0.29) is 5.56 Å². The van der Waals surface area contributed by atoms with Crippen LogP contribution in [0.1, 0.15) is 15.9 Å². The van der Waals surface area contributed by atoms with E-state index < -0.39 is 33.6 Å². The van der Waals surface area contributed by atoms with Gasteiger partial charge < -0.3 is 0 Å². The quantitative estimate of drug-likeness (QED) is 0.485. The lowest BCUT2D eigenvalue weighted by molar-refractivity contribution is -0.385. The first-order valence-corrected chi connectivity index (χ1v) is 5.24. The van der Waals surface area contributed by atoms with Gasteiger partial charge in [-0.3, -0.25) is 14.9 Å². The van der Waals surface area contributed by atoms with E-state index in [0.717, 1.165) is 0 Å². The molecule has 0 aliphatic rings. The zero-order chi connectivity index (χ0) is 14.0. The molecule has 0 atom stereocenters. The number of ketones is 1. The van der Waals surface area contributed by atoms with E-state index in [1.807, 2.05) is 0 Å². The largest absolute Gasteiger partial charge is 0.288 e. The maximum absolute atomic E-state index is 13.6. The standard InChI is InChI=1S/C13H7F2NO3/c14-10-6-9(16(18)19)7-11(15)12(10)13(17)8-4-2-1-3-5-8/h1-7H. The maximum atomic E-state index is 13.6. The van der Waals surface area contributed by atoms with Gasteiger partial charge in [-0.05, 0) is 0 Å². The Bertz CT molecular complexity index is 633. The van der Waals surface area contributed by atoms with E-state index in [0.29, 0.717) is 12.1 Å². The van der Waals surface area contributed by atoms with E-state index in [1.165, 1.54) is 12.1 Å². The summed E-state index contributed by atoms with van der Waals surface area (Å²) < 4.78 is 27.3. The summed E-state index contributed by atoms with van der Waals surface area (Å²) in [6.07, 6.45) is 0. The van der Waals surface area contributed by atoms with Gasteiger partial charge in [0.2, 0.25) is 0 Å². The summed E-state index contributed by atoms with van der Waals surface area (Å²) >= 11 is 0. The number of halogens is 2. The van der Waals surface area contributed by atoms with Crippen LogP contribution in [-0.2, 0) is 0 Å². The first-order valence-electron chi connectivity index (χ1n) is 5.24. The van der Waals surface area contributed by atoms with E-state index in [9.17, 15) is 23.7 Å². The second-order valence-electron chi connectivity index (χ2n) is 3.74. The van der Waals surface area contributed by atoms with E-state index >= 15 is 0 Å². The number of non-ortho nitro benzene ring substituents is 1. The molecule has 0 unspecified atom stereocenters. The van der Waals surface area contributed by atoms with Gasteiger partial charge in [-0.2, -0.15) is 0 Å². The minimum Gasteiger partial charge on any atom is -0.288 e. The predicted octanol–water partition coefficient (Wildman–Crippen LogP) is 3.10. The summed E-state index contributed by atoms with van der Waals surface area (Å²) in [5.41, 5.74) is -1.43. The normalized spacial score (nSPS) is 10.2. The van der Waals surface area contributed by atoms with Crippen LogP contribution in [0.2, 0.25) is 0 Å². The van der Waals surface area contributed by atoms with Gasteiger partial charge in [0.15, 0.2) is 5.78 Å². The van der Waals surface area contributed by atoms with Crippen molar-refractivity contribution < 1.29 is 18.5 Å². The number of nitro groups is 1. The molecular formula is C13H7F2NO3. The molecule has 96 valence electrons. The first kappa shape index (κ1) is 12.8. The van der Waals surface area contributed by atoms with Gasteiger partial charge >= 0.3 is 0 Å². The Hall–Kier alpha value is -2.63. The van der Waals surface area contributed by atoms with Crippen molar-refractivity contribution in [2.24, 2.45) is 0 Å². The second-order valence-corrected chi connectivity index (χ2v) is 3.74. The Morgan fingerprint density at radius 1 is 1.05 bits per heavy atom. The summed E-state index contributed by atoms with van der Waals surface area (Å²) in [5.74, 6) is -3.35. The molecule has 0 aromatic heterocycles. The number of hydrogen-bond donors (Lipinski definition) is 0. The number of rotatable bonds is 3. The second kappa shape index (κ2) is 4.93. The Balaban J connectivity index is 2.52. The molecule has 19 heavy (non-hydrogen) atoms. The molecule has 0 N–H and O–H groups in total. The van der Waals surface area contributed by atoms with Crippen LogP contribution in [0.3, 0.4) is 0 Å². The van der Waals surface area contributed by atoms with Gasteiger partial charge in [-0.1, -0.05) is 30.3 Å². The molecule has 0 saturated heterocycles. The lowest BCUT2D eigenvalue weighted by Gasteiger charge is -2.04. The molecule has 2 aromatic carbocycles. The van der Waals surface area contributed by atoms with Crippen LogP contribution >= 0.6 is 0 Å². The van der Waals surface area contributed by atoms with Crippen molar-refractivity contribution in [3.8, 4) is 0 Å². The molecule has 0 radical (unpaired) electrons. The monoisotopic (exact) mass is 263 g/mol. The summed E-state index contributed by atoms with van der Waals surface area (Å²) in [6.45, 7) is 0. The third-order valence-corrected chi connectivity index (χ3v) is 2.50. The number of hydrogen-bond acceptors (Lipinski definition) is 3. The number of benzene rings is 2. The Morgan fingerprint density at radius 3 is 2.05 bits per heavy atom. The third-order valence-electron chi connectivity index (χ3n) is 2.50. The molecule has 4 nitrogen and oxygen atoms in total. The Kier molecular flexibility index (Phi) is 3.33. The molecule has 0 bridgehead atoms. The number of carbonyl (C=O) groups excluding carboxylic acids is 1. The highest BCUT2D eigenvalue weighted by molar-refractivity contribution is 6.09. The minimum absolute atomic E-state index is 0.106. The maximum Gasteiger partial charge on any atom is 0.275 e. The molecule has 0 aliphatic heterocycles. The van der Waals surface area contributed by atoms with Gasteiger partial charge in [-0.15, -0.1) is 0 Å². The fraction of sp³-hybridized carbons (Fsp3) is 0. The zero-order valence-electron chi connectivity index (χ0n) is 9.47. The number of nitro benzene ring substituents is 1. The predicted molar refractivity (Wildman–Crippen MR) is 62.9 cm³/mol. The minimum atomic E-state index is -1.25. The topological polar surface area (TPSA) is 60.2 Å². The lowest BCUT2D eigenvalue weighted by Crippen LogP contribution is -2.08. The molecule has 0 heterocycles. The van der Waals surface area contributed by atoms with E-state index in [1.54, 1.807) is 18.2 Å². The lowest BCUT2D eigenvalue weighted by atomic mass is 10.0. The van der Waals surface area contributed by atoms with Crippen molar-refractivity contribution >= 4 is 11.5 Å². The van der Waals surface area contributed by atoms with Gasteiger partial charge in [-0.25, -0.2) is 8.78 Å².